The number of amides is 1. The van der Waals surface area contributed by atoms with Crippen LogP contribution in [0.3, 0.4) is 0 Å². The van der Waals surface area contributed by atoms with Gasteiger partial charge in [0.05, 0.1) is 7.11 Å². The Morgan fingerprint density at radius 3 is 2.88 bits per heavy atom. The van der Waals surface area contributed by atoms with Gasteiger partial charge in [0.15, 0.2) is 5.82 Å². The van der Waals surface area contributed by atoms with E-state index in [1.54, 1.807) is 37.8 Å². The smallest absolute Gasteiger partial charge is 0.414 e. The predicted octanol–water partition coefficient (Wildman–Crippen LogP) is 2.64. The Bertz CT molecular complexity index is 924. The van der Waals surface area contributed by atoms with E-state index in [4.69, 9.17) is 4.74 Å². The van der Waals surface area contributed by atoms with Crippen LogP contribution >= 0.6 is 0 Å². The third-order valence-corrected chi connectivity index (χ3v) is 3.84. The van der Waals surface area contributed by atoms with Crippen molar-refractivity contribution in [3.63, 3.8) is 0 Å². The first kappa shape index (κ1) is 17.5. The third kappa shape index (κ3) is 3.37. The molecule has 0 bridgehead atoms. The highest BCUT2D eigenvalue weighted by Crippen LogP contribution is 2.21. The van der Waals surface area contributed by atoms with E-state index in [-0.39, 0.29) is 12.0 Å². The molecule has 2 aromatic heterocycles. The first-order valence-electron chi connectivity index (χ1n) is 8.10. The summed E-state index contributed by atoms with van der Waals surface area (Å²) in [6, 6.07) is 7.40. The molecule has 3 rings (SSSR count). The van der Waals surface area contributed by atoms with Gasteiger partial charge in [0.2, 0.25) is 11.6 Å². The van der Waals surface area contributed by atoms with Gasteiger partial charge in [-0.2, -0.15) is 0 Å². The number of aromatic nitrogens is 4. The molecule has 0 aliphatic rings. The Hall–Kier alpha value is -3.36. The molecule has 0 saturated carbocycles. The van der Waals surface area contributed by atoms with Gasteiger partial charge >= 0.3 is 6.09 Å². The van der Waals surface area contributed by atoms with Gasteiger partial charge < -0.3 is 15.2 Å². The van der Waals surface area contributed by atoms with Gasteiger partial charge in [-0.15, -0.1) is 10.2 Å². The van der Waals surface area contributed by atoms with Crippen LogP contribution in [0.5, 0.6) is 5.75 Å². The minimum atomic E-state index is -1.09. The molecular weight excluding hydrogens is 336 g/mol. The minimum absolute atomic E-state index is 0.231. The number of carboxylic acid groups (broad SMARTS) is 1. The van der Waals surface area contributed by atoms with E-state index in [0.717, 1.165) is 16.2 Å². The highest BCUT2D eigenvalue weighted by molar-refractivity contribution is 5.85. The molecule has 0 atom stereocenters. The second-order valence-electron chi connectivity index (χ2n) is 5.92. The minimum Gasteiger partial charge on any atom is -0.497 e. The Morgan fingerprint density at radius 1 is 1.38 bits per heavy atom. The second-order valence-corrected chi connectivity index (χ2v) is 5.92. The molecule has 0 spiro atoms. The number of hydrogen-bond acceptors (Lipinski definition) is 6. The summed E-state index contributed by atoms with van der Waals surface area (Å²) in [6.45, 7) is 4.07. The Labute approximate surface area is 150 Å². The SMILES string of the molecule is COc1cccc(CNc2nccn3c(N(C(=O)O)C(C)C)nnc23)c1. The van der Waals surface area contributed by atoms with Crippen LogP contribution in [0.1, 0.15) is 19.4 Å². The monoisotopic (exact) mass is 356 g/mol. The van der Waals surface area contributed by atoms with Gasteiger partial charge in [0.25, 0.3) is 0 Å². The molecule has 136 valence electrons. The summed E-state index contributed by atoms with van der Waals surface area (Å²) in [5.41, 5.74) is 1.47. The third-order valence-electron chi connectivity index (χ3n) is 3.84. The molecule has 1 amide bonds. The van der Waals surface area contributed by atoms with Crippen molar-refractivity contribution in [2.45, 2.75) is 26.4 Å². The standard InChI is InChI=1S/C17H20N6O3/c1-11(2)23(17(24)25)16-21-20-15-14(18-7-8-22(15)16)19-10-12-5-4-6-13(9-12)26-3/h4-9,11H,10H2,1-3H3,(H,18,19)(H,24,25). The van der Waals surface area contributed by atoms with Crippen molar-refractivity contribution >= 4 is 23.5 Å². The van der Waals surface area contributed by atoms with E-state index >= 15 is 0 Å². The molecular formula is C17H20N6O3. The zero-order valence-electron chi connectivity index (χ0n) is 14.7. The number of hydrogen-bond donors (Lipinski definition) is 2. The first-order chi connectivity index (χ1) is 12.5. The first-order valence-corrected chi connectivity index (χ1v) is 8.10. The number of benzene rings is 1. The lowest BCUT2D eigenvalue weighted by Crippen LogP contribution is -2.37. The summed E-state index contributed by atoms with van der Waals surface area (Å²) >= 11 is 0. The van der Waals surface area contributed by atoms with Crippen LogP contribution < -0.4 is 15.0 Å². The summed E-state index contributed by atoms with van der Waals surface area (Å²) in [7, 11) is 1.62. The van der Waals surface area contributed by atoms with Gasteiger partial charge in [-0.25, -0.2) is 14.7 Å². The van der Waals surface area contributed by atoms with E-state index in [2.05, 4.69) is 20.5 Å². The van der Waals surface area contributed by atoms with E-state index in [9.17, 15) is 9.90 Å². The Balaban J connectivity index is 1.89. The van der Waals surface area contributed by atoms with Crippen molar-refractivity contribution in [3.8, 4) is 5.75 Å². The number of ether oxygens (including phenoxy) is 1. The Morgan fingerprint density at radius 2 is 2.19 bits per heavy atom. The topological polar surface area (TPSA) is 105 Å². The lowest BCUT2D eigenvalue weighted by molar-refractivity contribution is 0.199. The van der Waals surface area contributed by atoms with Gasteiger partial charge in [0.1, 0.15) is 5.75 Å². The van der Waals surface area contributed by atoms with Crippen LogP contribution in [0.4, 0.5) is 16.6 Å². The zero-order valence-corrected chi connectivity index (χ0v) is 14.7. The lowest BCUT2D eigenvalue weighted by Gasteiger charge is -2.20. The van der Waals surface area contributed by atoms with Crippen molar-refractivity contribution in [2.24, 2.45) is 0 Å². The molecule has 0 aliphatic carbocycles. The summed E-state index contributed by atoms with van der Waals surface area (Å²) in [4.78, 5) is 17.0. The second kappa shape index (κ2) is 7.26. The molecule has 0 fully saturated rings. The van der Waals surface area contributed by atoms with Gasteiger partial charge in [-0.1, -0.05) is 12.1 Å². The van der Waals surface area contributed by atoms with Gasteiger partial charge in [-0.3, -0.25) is 4.40 Å². The molecule has 0 unspecified atom stereocenters. The number of fused-ring (bicyclic) bond motifs is 1. The largest absolute Gasteiger partial charge is 0.497 e. The predicted molar refractivity (Wildman–Crippen MR) is 96.7 cm³/mol. The average molecular weight is 356 g/mol. The average Bonchev–Trinajstić information content (AvgIpc) is 3.04. The molecule has 9 nitrogen and oxygen atoms in total. The fraction of sp³-hybridized carbons (Fsp3) is 0.294. The molecule has 2 heterocycles. The van der Waals surface area contributed by atoms with Crippen molar-refractivity contribution in [1.82, 2.24) is 19.6 Å². The normalized spacial score (nSPS) is 10.9. The number of carbonyl (C=O) groups is 1. The quantitative estimate of drug-likeness (QED) is 0.699. The molecule has 2 N–H and O–H groups in total. The molecule has 1 aromatic carbocycles. The molecule has 3 aromatic rings. The molecule has 26 heavy (non-hydrogen) atoms. The fourth-order valence-corrected chi connectivity index (χ4v) is 2.61. The van der Waals surface area contributed by atoms with Crippen LogP contribution in [0.15, 0.2) is 36.7 Å². The zero-order chi connectivity index (χ0) is 18.7. The van der Waals surface area contributed by atoms with E-state index in [1.165, 1.54) is 0 Å². The lowest BCUT2D eigenvalue weighted by atomic mass is 10.2. The maximum absolute atomic E-state index is 11.5. The molecule has 0 saturated heterocycles. The number of methoxy groups -OCH3 is 1. The van der Waals surface area contributed by atoms with Crippen molar-refractivity contribution in [2.75, 3.05) is 17.3 Å². The van der Waals surface area contributed by atoms with Crippen LogP contribution in [0, 0.1) is 0 Å². The number of nitrogens with zero attached hydrogens (tertiary/aromatic N) is 5. The highest BCUT2D eigenvalue weighted by atomic mass is 16.5. The molecule has 0 radical (unpaired) electrons. The molecule has 9 heteroatoms. The van der Waals surface area contributed by atoms with Crippen LogP contribution in [-0.2, 0) is 6.54 Å². The summed E-state index contributed by atoms with van der Waals surface area (Å²) in [5, 5.41) is 20.8. The van der Waals surface area contributed by atoms with Crippen molar-refractivity contribution < 1.29 is 14.6 Å². The maximum atomic E-state index is 11.5. The highest BCUT2D eigenvalue weighted by Gasteiger charge is 2.24. The fourth-order valence-electron chi connectivity index (χ4n) is 2.61. The summed E-state index contributed by atoms with van der Waals surface area (Å²) in [6.07, 6.45) is 2.13. The van der Waals surface area contributed by atoms with Crippen molar-refractivity contribution in [3.05, 3.63) is 42.2 Å². The summed E-state index contributed by atoms with van der Waals surface area (Å²) < 4.78 is 6.83. The summed E-state index contributed by atoms with van der Waals surface area (Å²) in [5.74, 6) is 1.52. The molecule has 0 aliphatic heterocycles. The number of rotatable bonds is 6. The van der Waals surface area contributed by atoms with Crippen molar-refractivity contribution in [1.29, 1.82) is 0 Å². The number of anilines is 2. The van der Waals surface area contributed by atoms with Crippen LogP contribution in [-0.4, -0.2) is 43.9 Å². The van der Waals surface area contributed by atoms with E-state index < -0.39 is 6.09 Å². The van der Waals surface area contributed by atoms with E-state index in [1.807, 2.05) is 24.3 Å². The van der Waals surface area contributed by atoms with Gasteiger partial charge in [-0.05, 0) is 31.5 Å². The number of nitrogens with one attached hydrogen (secondary N) is 1. The Kier molecular flexibility index (Phi) is 4.87. The van der Waals surface area contributed by atoms with Crippen LogP contribution in [0.2, 0.25) is 0 Å². The maximum Gasteiger partial charge on any atom is 0.414 e. The van der Waals surface area contributed by atoms with Crippen LogP contribution in [0.25, 0.3) is 5.65 Å². The van der Waals surface area contributed by atoms with E-state index in [0.29, 0.717) is 18.0 Å². The van der Waals surface area contributed by atoms with Gasteiger partial charge in [0, 0.05) is 25.0 Å².